The van der Waals surface area contributed by atoms with Crippen molar-refractivity contribution < 1.29 is 8.81 Å². The number of piperazine rings is 1. The molecule has 5 rings (SSSR count). The van der Waals surface area contributed by atoms with Crippen molar-refractivity contribution in [3.8, 4) is 0 Å². The SMILES string of the molecule is Cc1cccc2oc(=O)cc(NCCCN3CCN(c4nccc5ccc(F)cc45)CC3)c12.Cl. The van der Waals surface area contributed by atoms with Gasteiger partial charge in [0.15, 0.2) is 0 Å². The molecule has 1 fully saturated rings. The zero-order valence-electron chi connectivity index (χ0n) is 19.1. The highest BCUT2D eigenvalue weighted by molar-refractivity contribution is 5.93. The van der Waals surface area contributed by atoms with E-state index in [1.807, 2.05) is 31.2 Å². The van der Waals surface area contributed by atoms with Crippen molar-refractivity contribution in [1.82, 2.24) is 9.88 Å². The normalized spacial score (nSPS) is 14.4. The number of anilines is 2. The first kappa shape index (κ1) is 24.0. The van der Waals surface area contributed by atoms with E-state index in [0.29, 0.717) is 5.58 Å². The zero-order valence-corrected chi connectivity index (χ0v) is 19.9. The number of hydrogen-bond acceptors (Lipinski definition) is 6. The van der Waals surface area contributed by atoms with Crippen molar-refractivity contribution in [2.45, 2.75) is 13.3 Å². The van der Waals surface area contributed by atoms with Crippen molar-refractivity contribution in [2.24, 2.45) is 0 Å². The Morgan fingerprint density at radius 3 is 2.74 bits per heavy atom. The second-order valence-electron chi connectivity index (χ2n) is 8.54. The van der Waals surface area contributed by atoms with Crippen LogP contribution in [-0.2, 0) is 0 Å². The molecule has 1 N–H and O–H groups in total. The van der Waals surface area contributed by atoms with Crippen molar-refractivity contribution in [2.75, 3.05) is 49.5 Å². The molecule has 2 aromatic carbocycles. The van der Waals surface area contributed by atoms with Crippen LogP contribution in [0.5, 0.6) is 0 Å². The molecule has 1 aliphatic heterocycles. The Kier molecular flexibility index (Phi) is 7.34. The van der Waals surface area contributed by atoms with Gasteiger partial charge in [-0.2, -0.15) is 0 Å². The Bertz CT molecular complexity index is 1350. The second-order valence-corrected chi connectivity index (χ2v) is 8.54. The molecule has 8 heteroatoms. The smallest absolute Gasteiger partial charge is 0.338 e. The number of pyridine rings is 1. The van der Waals surface area contributed by atoms with Gasteiger partial charge >= 0.3 is 5.63 Å². The van der Waals surface area contributed by atoms with Gasteiger partial charge in [-0.15, -0.1) is 12.4 Å². The number of nitrogens with one attached hydrogen (secondary N) is 1. The second kappa shape index (κ2) is 10.4. The fourth-order valence-electron chi connectivity index (χ4n) is 4.62. The maximum Gasteiger partial charge on any atom is 0.338 e. The highest BCUT2D eigenvalue weighted by Crippen LogP contribution is 2.27. The summed E-state index contributed by atoms with van der Waals surface area (Å²) in [7, 11) is 0. The van der Waals surface area contributed by atoms with E-state index in [2.05, 4.69) is 20.1 Å². The van der Waals surface area contributed by atoms with Crippen molar-refractivity contribution >= 4 is 45.7 Å². The third-order valence-corrected chi connectivity index (χ3v) is 6.32. The van der Waals surface area contributed by atoms with Crippen LogP contribution in [0.3, 0.4) is 0 Å². The van der Waals surface area contributed by atoms with Crippen LogP contribution in [-0.4, -0.2) is 49.2 Å². The predicted octanol–water partition coefficient (Wildman–Crippen LogP) is 4.83. The monoisotopic (exact) mass is 482 g/mol. The number of benzene rings is 2. The van der Waals surface area contributed by atoms with E-state index in [1.165, 1.54) is 12.1 Å². The molecule has 0 radical (unpaired) electrons. The summed E-state index contributed by atoms with van der Waals surface area (Å²) in [5.41, 5.74) is 2.19. The first-order chi connectivity index (χ1) is 16.1. The lowest BCUT2D eigenvalue weighted by Crippen LogP contribution is -2.47. The summed E-state index contributed by atoms with van der Waals surface area (Å²) >= 11 is 0. The van der Waals surface area contributed by atoms with E-state index in [0.717, 1.165) is 78.9 Å². The summed E-state index contributed by atoms with van der Waals surface area (Å²) < 4.78 is 19.1. The molecule has 3 heterocycles. The Morgan fingerprint density at radius 2 is 1.91 bits per heavy atom. The van der Waals surface area contributed by atoms with E-state index in [9.17, 15) is 9.18 Å². The molecule has 0 unspecified atom stereocenters. The Balaban J connectivity index is 0.00000274. The van der Waals surface area contributed by atoms with Gasteiger partial charge in [0, 0.05) is 55.8 Å². The maximum absolute atomic E-state index is 13.8. The summed E-state index contributed by atoms with van der Waals surface area (Å²) in [4.78, 5) is 21.1. The third kappa shape index (κ3) is 5.00. The van der Waals surface area contributed by atoms with Crippen LogP contribution < -0.4 is 15.8 Å². The largest absolute Gasteiger partial charge is 0.423 e. The van der Waals surface area contributed by atoms with E-state index in [4.69, 9.17) is 4.42 Å². The average Bonchev–Trinajstić information content (AvgIpc) is 2.81. The summed E-state index contributed by atoms with van der Waals surface area (Å²) in [5, 5.41) is 6.26. The number of hydrogen-bond donors (Lipinski definition) is 1. The lowest BCUT2D eigenvalue weighted by atomic mass is 10.1. The highest BCUT2D eigenvalue weighted by atomic mass is 35.5. The van der Waals surface area contributed by atoms with Gasteiger partial charge in [-0.3, -0.25) is 4.90 Å². The minimum atomic E-state index is -0.339. The Hall–Kier alpha value is -3.16. The molecular weight excluding hydrogens is 455 g/mol. The van der Waals surface area contributed by atoms with Gasteiger partial charge in [0.2, 0.25) is 0 Å². The molecule has 0 bridgehead atoms. The van der Waals surface area contributed by atoms with E-state index >= 15 is 0 Å². The number of aryl methyl sites for hydroxylation is 1. The van der Waals surface area contributed by atoms with Crippen molar-refractivity contribution in [3.63, 3.8) is 0 Å². The van der Waals surface area contributed by atoms with Crippen LogP contribution in [0.2, 0.25) is 0 Å². The van der Waals surface area contributed by atoms with Gasteiger partial charge in [0.25, 0.3) is 0 Å². The number of aromatic nitrogens is 1. The third-order valence-electron chi connectivity index (χ3n) is 6.32. The van der Waals surface area contributed by atoms with Crippen molar-refractivity contribution in [3.05, 3.63) is 76.5 Å². The molecule has 0 atom stereocenters. The molecule has 0 aliphatic carbocycles. The first-order valence-electron chi connectivity index (χ1n) is 11.4. The van der Waals surface area contributed by atoms with Gasteiger partial charge in [-0.1, -0.05) is 18.2 Å². The molecule has 0 saturated carbocycles. The lowest BCUT2D eigenvalue weighted by Gasteiger charge is -2.35. The summed E-state index contributed by atoms with van der Waals surface area (Å²) in [6.07, 6.45) is 2.76. The Labute approximate surface area is 203 Å². The minimum Gasteiger partial charge on any atom is -0.423 e. The molecule has 2 aromatic heterocycles. The number of halogens is 2. The zero-order chi connectivity index (χ0) is 22.8. The van der Waals surface area contributed by atoms with Crippen molar-refractivity contribution in [1.29, 1.82) is 0 Å². The number of nitrogens with zero attached hydrogens (tertiary/aromatic N) is 3. The predicted molar refractivity (Wildman–Crippen MR) is 138 cm³/mol. The molecule has 1 aliphatic rings. The topological polar surface area (TPSA) is 61.6 Å². The van der Waals surface area contributed by atoms with Gasteiger partial charge < -0.3 is 14.6 Å². The number of rotatable bonds is 6. The number of fused-ring (bicyclic) bond motifs is 2. The summed E-state index contributed by atoms with van der Waals surface area (Å²) in [5.74, 6) is 0.625. The van der Waals surface area contributed by atoms with Crippen LogP contribution in [0.25, 0.3) is 21.7 Å². The van der Waals surface area contributed by atoms with E-state index in [-0.39, 0.29) is 23.8 Å². The summed E-state index contributed by atoms with van der Waals surface area (Å²) in [6.45, 7) is 7.36. The van der Waals surface area contributed by atoms with Gasteiger partial charge in [-0.05, 0) is 55.1 Å². The average molecular weight is 483 g/mol. The molecule has 6 nitrogen and oxygen atoms in total. The molecule has 0 spiro atoms. The highest BCUT2D eigenvalue weighted by Gasteiger charge is 2.19. The molecule has 1 saturated heterocycles. The maximum atomic E-state index is 13.8. The summed E-state index contributed by atoms with van der Waals surface area (Å²) in [6, 6.07) is 14.1. The molecule has 34 heavy (non-hydrogen) atoms. The Morgan fingerprint density at radius 1 is 1.09 bits per heavy atom. The van der Waals surface area contributed by atoms with Crippen LogP contribution in [0.4, 0.5) is 15.9 Å². The first-order valence-corrected chi connectivity index (χ1v) is 11.4. The molecule has 0 amide bonds. The molecular formula is C26H28ClFN4O2. The van der Waals surface area contributed by atoms with Gasteiger partial charge in [-0.25, -0.2) is 14.2 Å². The lowest BCUT2D eigenvalue weighted by molar-refractivity contribution is 0.257. The molecule has 178 valence electrons. The van der Waals surface area contributed by atoms with Gasteiger partial charge in [0.05, 0.1) is 5.69 Å². The quantitative estimate of drug-likeness (QED) is 0.313. The van der Waals surface area contributed by atoms with Crippen LogP contribution in [0, 0.1) is 12.7 Å². The van der Waals surface area contributed by atoms with E-state index < -0.39 is 0 Å². The van der Waals surface area contributed by atoms with Crippen LogP contribution >= 0.6 is 12.4 Å². The standard InChI is InChI=1S/C26H27FN4O2.ClH/c1-18-4-2-5-23-25(18)22(17-24(32)33-23)28-9-3-11-30-12-14-31(15-13-30)26-21-16-20(27)7-6-19(21)8-10-29-26;/h2,4-8,10,16-17,28H,3,9,11-15H2,1H3;1H. The minimum absolute atomic E-state index is 0. The van der Waals surface area contributed by atoms with Gasteiger partial charge in [0.1, 0.15) is 17.2 Å². The fraction of sp³-hybridized carbons (Fsp3) is 0.308. The fourth-order valence-corrected chi connectivity index (χ4v) is 4.62. The van der Waals surface area contributed by atoms with Crippen LogP contribution in [0.1, 0.15) is 12.0 Å². The van der Waals surface area contributed by atoms with Crippen LogP contribution in [0.15, 0.2) is 63.9 Å². The van der Waals surface area contributed by atoms with E-state index in [1.54, 1.807) is 18.3 Å². The molecule has 4 aromatic rings.